The number of likely N-dealkylation sites (N-methyl/N-ethyl adjacent to an activating group) is 1. The van der Waals surface area contributed by atoms with E-state index in [4.69, 9.17) is 5.73 Å². The maximum Gasteiger partial charge on any atom is 0.0488 e. The lowest BCUT2D eigenvalue weighted by Gasteiger charge is -2.36. The first-order valence-corrected chi connectivity index (χ1v) is 7.10. The highest BCUT2D eigenvalue weighted by Gasteiger charge is 2.25. The van der Waals surface area contributed by atoms with E-state index in [0.717, 1.165) is 12.5 Å². The summed E-state index contributed by atoms with van der Waals surface area (Å²) in [7, 11) is 0. The topological polar surface area (TPSA) is 42.1 Å². The van der Waals surface area contributed by atoms with Crippen LogP contribution in [0.5, 0.6) is 0 Å². The minimum Gasteiger partial charge on any atom is -0.329 e. The lowest BCUT2D eigenvalue weighted by atomic mass is 9.84. The number of nitrogens with two attached hydrogens (primary N) is 1. The normalized spacial score (nSPS) is 17.8. The van der Waals surface area contributed by atoms with Crippen LogP contribution in [0.4, 0.5) is 0 Å². The highest BCUT2D eigenvalue weighted by atomic mass is 15.2. The Hall–Kier alpha value is -0.930. The fraction of sp³-hybridized carbons (Fsp3) is 0.667. The molecule has 0 spiro atoms. The minimum absolute atomic E-state index is 0.323. The zero-order valence-electron chi connectivity index (χ0n) is 11.6. The molecule has 3 nitrogen and oxygen atoms in total. The Labute approximate surface area is 110 Å². The highest BCUT2D eigenvalue weighted by molar-refractivity contribution is 5.25. The van der Waals surface area contributed by atoms with Gasteiger partial charge in [0.25, 0.3) is 0 Å². The van der Waals surface area contributed by atoms with E-state index in [9.17, 15) is 0 Å². The van der Waals surface area contributed by atoms with Gasteiger partial charge >= 0.3 is 0 Å². The zero-order chi connectivity index (χ0) is 13.0. The maximum atomic E-state index is 6.02. The molecule has 18 heavy (non-hydrogen) atoms. The fourth-order valence-electron chi connectivity index (χ4n) is 2.78. The molecule has 2 N–H and O–H groups in total. The van der Waals surface area contributed by atoms with Crippen LogP contribution in [0.2, 0.25) is 0 Å². The van der Waals surface area contributed by atoms with Gasteiger partial charge in [0.05, 0.1) is 0 Å². The second kappa shape index (κ2) is 6.30. The van der Waals surface area contributed by atoms with Crippen LogP contribution in [0, 0.1) is 12.8 Å². The van der Waals surface area contributed by atoms with Crippen molar-refractivity contribution in [3.8, 4) is 0 Å². The van der Waals surface area contributed by atoms with Gasteiger partial charge < -0.3 is 5.73 Å². The van der Waals surface area contributed by atoms with Crippen molar-refractivity contribution in [2.45, 2.75) is 39.2 Å². The molecule has 3 heteroatoms. The molecule has 0 radical (unpaired) electrons. The molecule has 1 heterocycles. The van der Waals surface area contributed by atoms with Gasteiger partial charge in [-0.05, 0) is 49.4 Å². The van der Waals surface area contributed by atoms with Gasteiger partial charge in [0, 0.05) is 31.5 Å². The van der Waals surface area contributed by atoms with E-state index in [0.29, 0.717) is 12.6 Å². The quantitative estimate of drug-likeness (QED) is 0.840. The summed E-state index contributed by atoms with van der Waals surface area (Å²) < 4.78 is 0. The van der Waals surface area contributed by atoms with Crippen LogP contribution in [0.15, 0.2) is 18.5 Å². The van der Waals surface area contributed by atoms with Crippen molar-refractivity contribution in [2.75, 3.05) is 19.6 Å². The Balaban J connectivity index is 2.12. The van der Waals surface area contributed by atoms with E-state index < -0.39 is 0 Å². The fourth-order valence-corrected chi connectivity index (χ4v) is 2.78. The van der Waals surface area contributed by atoms with E-state index in [-0.39, 0.29) is 0 Å². The smallest absolute Gasteiger partial charge is 0.0488 e. The van der Waals surface area contributed by atoms with Crippen molar-refractivity contribution < 1.29 is 0 Å². The van der Waals surface area contributed by atoms with Crippen molar-refractivity contribution in [1.82, 2.24) is 9.88 Å². The van der Waals surface area contributed by atoms with E-state index in [1.165, 1.54) is 36.9 Å². The Morgan fingerprint density at radius 3 is 2.78 bits per heavy atom. The Morgan fingerprint density at radius 1 is 1.50 bits per heavy atom. The molecule has 1 fully saturated rings. The molecule has 0 saturated heterocycles. The molecule has 1 atom stereocenters. The number of hydrogen-bond donors (Lipinski definition) is 1. The van der Waals surface area contributed by atoms with Crippen molar-refractivity contribution in [3.63, 3.8) is 0 Å². The van der Waals surface area contributed by atoms with Gasteiger partial charge in [-0.25, -0.2) is 0 Å². The van der Waals surface area contributed by atoms with Crippen LogP contribution < -0.4 is 5.73 Å². The van der Waals surface area contributed by atoms with E-state index in [2.05, 4.69) is 29.8 Å². The van der Waals surface area contributed by atoms with Crippen LogP contribution in [0.25, 0.3) is 0 Å². The van der Waals surface area contributed by atoms with Crippen LogP contribution in [0.3, 0.4) is 0 Å². The van der Waals surface area contributed by atoms with E-state index in [1.807, 2.05) is 12.4 Å². The number of rotatable bonds is 6. The summed E-state index contributed by atoms with van der Waals surface area (Å²) in [6, 6.07) is 2.40. The SMILES string of the molecule is CCN(CC1CCC1)C(CN)c1cnccc1C. The summed E-state index contributed by atoms with van der Waals surface area (Å²) in [4.78, 5) is 6.78. The molecule has 1 aliphatic rings. The third-order valence-electron chi connectivity index (χ3n) is 4.23. The molecule has 2 rings (SSSR count). The second-order valence-electron chi connectivity index (χ2n) is 5.37. The minimum atomic E-state index is 0.323. The average Bonchev–Trinajstić information content (AvgIpc) is 2.33. The molecule has 1 unspecified atom stereocenters. The largest absolute Gasteiger partial charge is 0.329 e. The summed E-state index contributed by atoms with van der Waals surface area (Å²) in [5, 5.41) is 0. The molecule has 0 bridgehead atoms. The molecule has 1 aromatic rings. The first kappa shape index (κ1) is 13.5. The van der Waals surface area contributed by atoms with E-state index >= 15 is 0 Å². The first-order valence-electron chi connectivity index (χ1n) is 7.10. The summed E-state index contributed by atoms with van der Waals surface area (Å²) >= 11 is 0. The molecule has 0 amide bonds. The van der Waals surface area contributed by atoms with Crippen molar-refractivity contribution in [3.05, 3.63) is 29.6 Å². The molecule has 1 saturated carbocycles. The molecule has 100 valence electrons. The van der Waals surface area contributed by atoms with E-state index in [1.54, 1.807) is 0 Å². The number of aromatic nitrogens is 1. The van der Waals surface area contributed by atoms with Crippen molar-refractivity contribution in [1.29, 1.82) is 0 Å². The Morgan fingerprint density at radius 2 is 2.28 bits per heavy atom. The summed E-state index contributed by atoms with van der Waals surface area (Å²) in [6.07, 6.45) is 8.02. The van der Waals surface area contributed by atoms with Crippen molar-refractivity contribution in [2.24, 2.45) is 11.7 Å². The molecule has 0 aliphatic heterocycles. The zero-order valence-corrected chi connectivity index (χ0v) is 11.6. The number of nitrogens with zero attached hydrogens (tertiary/aromatic N) is 2. The highest BCUT2D eigenvalue weighted by Crippen LogP contribution is 2.30. The van der Waals surface area contributed by atoms with Gasteiger partial charge in [-0.1, -0.05) is 13.3 Å². The van der Waals surface area contributed by atoms with Gasteiger partial charge in [-0.15, -0.1) is 0 Å². The first-order chi connectivity index (χ1) is 8.76. The molecular weight excluding hydrogens is 222 g/mol. The van der Waals surface area contributed by atoms with Gasteiger partial charge in [0.2, 0.25) is 0 Å². The molecule has 1 aliphatic carbocycles. The Kier molecular flexibility index (Phi) is 4.72. The maximum absolute atomic E-state index is 6.02. The predicted molar refractivity (Wildman–Crippen MR) is 75.4 cm³/mol. The van der Waals surface area contributed by atoms with Gasteiger partial charge in [0.15, 0.2) is 0 Å². The number of hydrogen-bond acceptors (Lipinski definition) is 3. The third kappa shape index (κ3) is 2.90. The standard InChI is InChI=1S/C15H25N3/c1-3-18(11-13-5-4-6-13)15(9-16)14-10-17-8-7-12(14)2/h7-8,10,13,15H,3-6,9,11,16H2,1-2H3. The van der Waals surface area contributed by atoms with Gasteiger partial charge in [-0.3, -0.25) is 9.88 Å². The monoisotopic (exact) mass is 247 g/mol. The number of pyridine rings is 1. The van der Waals surface area contributed by atoms with Crippen LogP contribution in [-0.2, 0) is 0 Å². The lowest BCUT2D eigenvalue weighted by molar-refractivity contribution is 0.141. The summed E-state index contributed by atoms with van der Waals surface area (Å²) in [5.74, 6) is 0.885. The molecule has 0 aromatic carbocycles. The van der Waals surface area contributed by atoms with Crippen LogP contribution in [-0.4, -0.2) is 29.5 Å². The van der Waals surface area contributed by atoms with Crippen molar-refractivity contribution >= 4 is 0 Å². The van der Waals surface area contributed by atoms with Gasteiger partial charge in [-0.2, -0.15) is 0 Å². The third-order valence-corrected chi connectivity index (χ3v) is 4.23. The second-order valence-corrected chi connectivity index (χ2v) is 5.37. The van der Waals surface area contributed by atoms with Crippen LogP contribution >= 0.6 is 0 Å². The average molecular weight is 247 g/mol. The van der Waals surface area contributed by atoms with Gasteiger partial charge in [0.1, 0.15) is 0 Å². The predicted octanol–water partition coefficient (Wildman–Crippen LogP) is 2.51. The summed E-state index contributed by atoms with van der Waals surface area (Å²) in [5.41, 5.74) is 8.61. The molecular formula is C15H25N3. The lowest BCUT2D eigenvalue weighted by Crippen LogP contribution is -2.39. The Bertz CT molecular complexity index is 374. The van der Waals surface area contributed by atoms with Crippen LogP contribution in [0.1, 0.15) is 43.4 Å². The summed E-state index contributed by atoms with van der Waals surface area (Å²) in [6.45, 7) is 7.30. The number of aryl methyl sites for hydroxylation is 1. The molecule has 1 aromatic heterocycles.